The summed E-state index contributed by atoms with van der Waals surface area (Å²) < 4.78 is 4.71. The van der Waals surface area contributed by atoms with E-state index in [4.69, 9.17) is 4.74 Å². The van der Waals surface area contributed by atoms with Crippen molar-refractivity contribution in [3.8, 4) is 0 Å². The molecule has 0 radical (unpaired) electrons. The van der Waals surface area contributed by atoms with Crippen LogP contribution in [0.3, 0.4) is 0 Å². The minimum Gasteiger partial charge on any atom is -0.465 e. The predicted octanol–water partition coefficient (Wildman–Crippen LogP) is 2.47. The second kappa shape index (κ2) is 10.2. The highest BCUT2D eigenvalue weighted by Gasteiger charge is 2.14. The Morgan fingerprint density at radius 3 is 2.75 bits per heavy atom. The molecule has 6 heteroatoms. The Labute approximate surface area is 148 Å². The fourth-order valence-electron chi connectivity index (χ4n) is 2.57. The van der Waals surface area contributed by atoms with Crippen LogP contribution in [0.15, 0.2) is 29.3 Å². The van der Waals surface area contributed by atoms with Gasteiger partial charge in [0.15, 0.2) is 5.96 Å². The summed E-state index contributed by atoms with van der Waals surface area (Å²) in [6.07, 6.45) is 3.47. The van der Waals surface area contributed by atoms with Crippen molar-refractivity contribution in [1.82, 2.24) is 10.6 Å². The van der Waals surface area contributed by atoms with Gasteiger partial charge in [-0.2, -0.15) is 11.8 Å². The van der Waals surface area contributed by atoms with Gasteiger partial charge in [0.05, 0.1) is 19.2 Å². The van der Waals surface area contributed by atoms with E-state index in [2.05, 4.69) is 22.5 Å². The topological polar surface area (TPSA) is 62.7 Å². The Balaban J connectivity index is 1.78. The molecule has 1 fully saturated rings. The van der Waals surface area contributed by atoms with Gasteiger partial charge in [0.2, 0.25) is 0 Å². The molecule has 1 aliphatic heterocycles. The summed E-state index contributed by atoms with van der Waals surface area (Å²) in [7, 11) is 1.39. The monoisotopic (exact) mass is 349 g/mol. The molecule has 2 N–H and O–H groups in total. The summed E-state index contributed by atoms with van der Waals surface area (Å²) in [4.78, 5) is 16.1. The van der Waals surface area contributed by atoms with Crippen molar-refractivity contribution in [2.45, 2.75) is 31.4 Å². The van der Waals surface area contributed by atoms with Gasteiger partial charge in [0.25, 0.3) is 0 Å². The van der Waals surface area contributed by atoms with Crippen molar-refractivity contribution in [1.29, 1.82) is 0 Å². The zero-order valence-corrected chi connectivity index (χ0v) is 15.3. The summed E-state index contributed by atoms with van der Waals surface area (Å²) in [6.45, 7) is 4.62. The summed E-state index contributed by atoms with van der Waals surface area (Å²) in [6, 6.07) is 7.54. The fraction of sp³-hybridized carbons (Fsp3) is 0.556. The third-order valence-electron chi connectivity index (χ3n) is 3.90. The van der Waals surface area contributed by atoms with Crippen molar-refractivity contribution >= 4 is 23.7 Å². The number of carbonyl (C=O) groups is 1. The van der Waals surface area contributed by atoms with Crippen molar-refractivity contribution in [3.63, 3.8) is 0 Å². The number of methoxy groups -OCH3 is 1. The molecule has 1 aromatic rings. The van der Waals surface area contributed by atoms with Gasteiger partial charge in [-0.3, -0.25) is 4.99 Å². The number of aliphatic imine (C=N–C) groups is 1. The van der Waals surface area contributed by atoms with Gasteiger partial charge in [-0.15, -0.1) is 0 Å². The average Bonchev–Trinajstić information content (AvgIpc) is 3.13. The molecule has 24 heavy (non-hydrogen) atoms. The molecule has 1 atom stereocenters. The van der Waals surface area contributed by atoms with E-state index in [9.17, 15) is 4.79 Å². The normalized spacial score (nSPS) is 17.6. The second-order valence-corrected chi connectivity index (χ2v) is 7.13. The standard InChI is InChI=1S/C18H27N3O2S/c1-3-19-18(21-13-16-5-4-12-24-16)20-11-10-14-6-8-15(9-7-14)17(22)23-2/h6-9,16H,3-5,10-13H2,1-2H3,(H2,19,20,21). The van der Waals surface area contributed by atoms with E-state index in [-0.39, 0.29) is 5.97 Å². The fourth-order valence-corrected chi connectivity index (χ4v) is 3.75. The maximum atomic E-state index is 11.4. The maximum Gasteiger partial charge on any atom is 0.337 e. The molecule has 1 saturated heterocycles. The molecule has 1 heterocycles. The largest absolute Gasteiger partial charge is 0.465 e. The van der Waals surface area contributed by atoms with Crippen LogP contribution in [0.5, 0.6) is 0 Å². The van der Waals surface area contributed by atoms with Gasteiger partial charge >= 0.3 is 5.97 Å². The Kier molecular flexibility index (Phi) is 7.95. The van der Waals surface area contributed by atoms with Gasteiger partial charge in [-0.1, -0.05) is 12.1 Å². The summed E-state index contributed by atoms with van der Waals surface area (Å²) >= 11 is 2.03. The lowest BCUT2D eigenvalue weighted by Crippen LogP contribution is -2.38. The van der Waals surface area contributed by atoms with E-state index < -0.39 is 0 Å². The van der Waals surface area contributed by atoms with Crippen molar-refractivity contribution in [2.75, 3.05) is 32.5 Å². The first kappa shape index (κ1) is 18.6. The van der Waals surface area contributed by atoms with E-state index in [0.29, 0.717) is 10.8 Å². The smallest absolute Gasteiger partial charge is 0.337 e. The highest BCUT2D eigenvalue weighted by atomic mass is 32.2. The number of hydrogen-bond acceptors (Lipinski definition) is 4. The molecule has 0 aliphatic carbocycles. The number of rotatable bonds is 7. The van der Waals surface area contributed by atoms with Gasteiger partial charge in [-0.25, -0.2) is 4.79 Å². The van der Waals surface area contributed by atoms with Crippen molar-refractivity contribution < 1.29 is 9.53 Å². The number of esters is 1. The van der Waals surface area contributed by atoms with E-state index in [1.807, 2.05) is 23.9 Å². The van der Waals surface area contributed by atoms with E-state index in [0.717, 1.165) is 32.0 Å². The van der Waals surface area contributed by atoms with Crippen LogP contribution in [0.1, 0.15) is 35.7 Å². The number of carbonyl (C=O) groups excluding carboxylic acids is 1. The molecule has 2 rings (SSSR count). The molecule has 0 bridgehead atoms. The number of hydrogen-bond donors (Lipinski definition) is 2. The molecule has 0 amide bonds. The molecule has 132 valence electrons. The number of ether oxygens (including phenoxy) is 1. The lowest BCUT2D eigenvalue weighted by atomic mass is 10.1. The first-order valence-electron chi connectivity index (χ1n) is 8.54. The lowest BCUT2D eigenvalue weighted by Gasteiger charge is -2.13. The van der Waals surface area contributed by atoms with Crippen LogP contribution < -0.4 is 10.6 Å². The van der Waals surface area contributed by atoms with Crippen LogP contribution in [-0.4, -0.2) is 49.7 Å². The number of benzene rings is 1. The van der Waals surface area contributed by atoms with Crippen molar-refractivity contribution in [2.24, 2.45) is 4.99 Å². The highest BCUT2D eigenvalue weighted by molar-refractivity contribution is 8.00. The Bertz CT molecular complexity index is 540. The minimum absolute atomic E-state index is 0.300. The van der Waals surface area contributed by atoms with E-state index >= 15 is 0 Å². The van der Waals surface area contributed by atoms with E-state index in [1.54, 1.807) is 12.1 Å². The molecule has 0 aromatic heterocycles. The third-order valence-corrected chi connectivity index (χ3v) is 5.28. The van der Waals surface area contributed by atoms with Gasteiger partial charge in [0.1, 0.15) is 0 Å². The molecule has 0 saturated carbocycles. The summed E-state index contributed by atoms with van der Waals surface area (Å²) in [5.41, 5.74) is 1.76. The molecule has 5 nitrogen and oxygen atoms in total. The Morgan fingerprint density at radius 2 is 2.12 bits per heavy atom. The summed E-state index contributed by atoms with van der Waals surface area (Å²) in [5.74, 6) is 1.85. The average molecular weight is 350 g/mol. The number of guanidine groups is 1. The Hall–Kier alpha value is -1.69. The number of nitrogens with zero attached hydrogens (tertiary/aromatic N) is 1. The molecule has 1 aromatic carbocycles. The van der Waals surface area contributed by atoms with Crippen molar-refractivity contribution in [3.05, 3.63) is 35.4 Å². The molecular weight excluding hydrogens is 322 g/mol. The predicted molar refractivity (Wildman–Crippen MR) is 101 cm³/mol. The molecule has 1 aliphatic rings. The quantitative estimate of drug-likeness (QED) is 0.450. The first-order chi connectivity index (χ1) is 11.7. The van der Waals surface area contributed by atoms with E-state index in [1.165, 1.54) is 31.3 Å². The van der Waals surface area contributed by atoms with Crippen LogP contribution in [0.4, 0.5) is 0 Å². The van der Waals surface area contributed by atoms with Crippen LogP contribution in [0, 0.1) is 0 Å². The number of thioether (sulfide) groups is 1. The zero-order valence-electron chi connectivity index (χ0n) is 14.5. The van der Waals surface area contributed by atoms with Gasteiger partial charge in [-0.05, 0) is 49.6 Å². The SMILES string of the molecule is CCNC(=NCC1CCCS1)NCCc1ccc(C(=O)OC)cc1. The second-order valence-electron chi connectivity index (χ2n) is 5.72. The first-order valence-corrected chi connectivity index (χ1v) is 9.59. The zero-order chi connectivity index (χ0) is 17.2. The third kappa shape index (κ3) is 6.07. The maximum absolute atomic E-state index is 11.4. The molecule has 0 spiro atoms. The Morgan fingerprint density at radius 1 is 1.33 bits per heavy atom. The molecule has 1 unspecified atom stereocenters. The van der Waals surface area contributed by atoms with Gasteiger partial charge < -0.3 is 15.4 Å². The van der Waals surface area contributed by atoms with Crippen LogP contribution in [0.25, 0.3) is 0 Å². The van der Waals surface area contributed by atoms with Crippen LogP contribution in [0.2, 0.25) is 0 Å². The highest BCUT2D eigenvalue weighted by Crippen LogP contribution is 2.25. The molecular formula is C18H27N3O2S. The van der Waals surface area contributed by atoms with Crippen LogP contribution in [-0.2, 0) is 11.2 Å². The van der Waals surface area contributed by atoms with Gasteiger partial charge in [0, 0.05) is 18.3 Å². The summed E-state index contributed by atoms with van der Waals surface area (Å²) in [5, 5.41) is 7.35. The lowest BCUT2D eigenvalue weighted by molar-refractivity contribution is 0.0600. The minimum atomic E-state index is -0.300. The number of nitrogens with one attached hydrogen (secondary N) is 2. The van der Waals surface area contributed by atoms with Crippen LogP contribution >= 0.6 is 11.8 Å².